The topological polar surface area (TPSA) is 0 Å². The van der Waals surface area contributed by atoms with Crippen molar-refractivity contribution in [3.05, 3.63) is 144 Å². The van der Waals surface area contributed by atoms with Crippen molar-refractivity contribution < 1.29 is 0 Å². The van der Waals surface area contributed by atoms with Crippen LogP contribution in [-0.2, 0) is 0 Å². The molecule has 0 unspecified atom stereocenters. The van der Waals surface area contributed by atoms with Crippen molar-refractivity contribution in [3.63, 3.8) is 0 Å². The lowest BCUT2D eigenvalue weighted by Gasteiger charge is -2.15. The van der Waals surface area contributed by atoms with E-state index in [4.69, 9.17) is 0 Å². The third-order valence-electron chi connectivity index (χ3n) is 5.37. The molecule has 0 aromatic heterocycles. The van der Waals surface area contributed by atoms with Crippen molar-refractivity contribution in [3.8, 4) is 0 Å². The van der Waals surface area contributed by atoms with E-state index in [0.717, 1.165) is 0 Å². The summed E-state index contributed by atoms with van der Waals surface area (Å²) >= 11 is 0. The molecule has 1 aliphatic heterocycles. The number of rotatable bonds is 4. The smallest absolute Gasteiger partial charge is 0.0660 e. The second-order valence-corrected chi connectivity index (χ2v) is 7.19. The van der Waals surface area contributed by atoms with Gasteiger partial charge in [-0.1, -0.05) is 132 Å². The average Bonchev–Trinajstić information content (AvgIpc) is 3.22. The van der Waals surface area contributed by atoms with Crippen molar-refractivity contribution in [1.82, 2.24) is 0 Å². The Hall–Kier alpha value is -3.58. The molecule has 0 aliphatic carbocycles. The lowest BCUT2D eigenvalue weighted by molar-refractivity contribution is 1.58. The molecule has 0 saturated carbocycles. The van der Waals surface area contributed by atoms with Crippen LogP contribution in [-0.4, -0.2) is 7.28 Å². The molecule has 0 fully saturated rings. The first-order valence-electron chi connectivity index (χ1n) is 9.97. The average molecular weight is 367 g/mol. The Bertz CT molecular complexity index is 1080. The molecule has 0 nitrogen and oxygen atoms in total. The van der Waals surface area contributed by atoms with Gasteiger partial charge in [0, 0.05) is 0 Å². The predicted octanol–water partition coefficient (Wildman–Crippen LogP) is 6.84. The Morgan fingerprint density at radius 3 is 0.897 bits per heavy atom. The zero-order chi connectivity index (χ0) is 19.5. The van der Waals surface area contributed by atoms with Crippen LogP contribution >= 0.6 is 0 Å². The molecule has 0 bridgehead atoms. The Kier molecular flexibility index (Phi) is 4.72. The summed E-state index contributed by atoms with van der Waals surface area (Å²) in [7, 11) is 2.36. The summed E-state index contributed by atoms with van der Waals surface area (Å²) in [6, 6.07) is 42.9. The molecule has 1 heterocycles. The van der Waals surface area contributed by atoms with Crippen LogP contribution in [0.15, 0.2) is 121 Å². The fraction of sp³-hybridized carbons (Fsp3) is 0. The minimum absolute atomic E-state index is 1.24. The van der Waals surface area contributed by atoms with E-state index in [0.29, 0.717) is 0 Å². The van der Waals surface area contributed by atoms with Crippen LogP contribution in [0, 0.1) is 0 Å². The van der Waals surface area contributed by atoms with Gasteiger partial charge in [0.25, 0.3) is 0 Å². The van der Waals surface area contributed by atoms with Crippen LogP contribution in [0.4, 0.5) is 0 Å². The second-order valence-electron chi connectivity index (χ2n) is 7.19. The van der Waals surface area contributed by atoms with Crippen LogP contribution in [0.1, 0.15) is 22.3 Å². The Balaban J connectivity index is 1.81. The molecule has 4 aromatic carbocycles. The first kappa shape index (κ1) is 17.5. The first-order chi connectivity index (χ1) is 14.4. The zero-order valence-electron chi connectivity index (χ0n) is 16.1. The molecule has 1 aliphatic rings. The first-order valence-corrected chi connectivity index (χ1v) is 9.97. The van der Waals surface area contributed by atoms with Gasteiger partial charge in [-0.3, -0.25) is 0 Å². The van der Waals surface area contributed by atoms with E-state index in [1.165, 1.54) is 44.3 Å². The van der Waals surface area contributed by atoms with Crippen LogP contribution in [0.3, 0.4) is 0 Å². The van der Waals surface area contributed by atoms with Crippen molar-refractivity contribution in [2.75, 3.05) is 0 Å². The number of allylic oxidation sites excluding steroid dienone is 2. The molecule has 0 saturated heterocycles. The van der Waals surface area contributed by atoms with Crippen molar-refractivity contribution in [1.29, 1.82) is 0 Å². The van der Waals surface area contributed by atoms with E-state index < -0.39 is 0 Å². The summed E-state index contributed by atoms with van der Waals surface area (Å²) in [5.41, 5.74) is 10.1. The number of hydrogen-bond donors (Lipinski definition) is 0. The fourth-order valence-corrected chi connectivity index (χ4v) is 4.06. The third kappa shape index (κ3) is 3.36. The van der Waals surface area contributed by atoms with E-state index in [1.807, 2.05) is 0 Å². The van der Waals surface area contributed by atoms with Crippen molar-refractivity contribution in [2.45, 2.75) is 0 Å². The quantitative estimate of drug-likeness (QED) is 0.346. The third-order valence-corrected chi connectivity index (χ3v) is 5.37. The maximum atomic E-state index is 2.36. The van der Waals surface area contributed by atoms with Gasteiger partial charge in [0.1, 0.15) is 0 Å². The summed E-state index contributed by atoms with van der Waals surface area (Å²) in [5, 5.41) is 0. The predicted molar refractivity (Wildman–Crippen MR) is 125 cm³/mol. The number of hydrogen-bond acceptors (Lipinski definition) is 0. The monoisotopic (exact) mass is 367 g/mol. The molecule has 5 rings (SSSR count). The molecular formula is C28H20B. The highest BCUT2D eigenvalue weighted by atomic mass is 14.2. The van der Waals surface area contributed by atoms with E-state index in [9.17, 15) is 0 Å². The van der Waals surface area contributed by atoms with E-state index in [-0.39, 0.29) is 0 Å². The molecule has 0 N–H and O–H groups in total. The lowest BCUT2D eigenvalue weighted by atomic mass is 9.61. The van der Waals surface area contributed by atoms with Crippen LogP contribution in [0.5, 0.6) is 0 Å². The Labute approximate surface area is 173 Å². The van der Waals surface area contributed by atoms with E-state index in [1.54, 1.807) is 0 Å². The summed E-state index contributed by atoms with van der Waals surface area (Å²) in [6.45, 7) is 0. The van der Waals surface area contributed by atoms with Gasteiger partial charge in [-0.25, -0.2) is 0 Å². The molecule has 0 spiro atoms. The van der Waals surface area contributed by atoms with Crippen molar-refractivity contribution in [2.24, 2.45) is 0 Å². The number of benzene rings is 4. The van der Waals surface area contributed by atoms with E-state index in [2.05, 4.69) is 129 Å². The van der Waals surface area contributed by atoms with Crippen molar-refractivity contribution >= 4 is 29.4 Å². The molecule has 1 heteroatoms. The standard InChI is InChI=1S/C28H20B/c1-5-13-21(14-6-1)25-26(22-15-7-2-8-16-22)28(24-19-11-4-12-20-24)29-27(25)23-17-9-3-10-18-23/h1-20H. The fourth-order valence-electron chi connectivity index (χ4n) is 4.06. The molecule has 29 heavy (non-hydrogen) atoms. The van der Waals surface area contributed by atoms with Gasteiger partial charge in [0.15, 0.2) is 7.28 Å². The maximum absolute atomic E-state index is 2.36. The van der Waals surface area contributed by atoms with Gasteiger partial charge < -0.3 is 0 Å². The second kappa shape index (κ2) is 7.81. The minimum Gasteiger partial charge on any atom is -0.0660 e. The van der Waals surface area contributed by atoms with Crippen LogP contribution < -0.4 is 0 Å². The normalized spacial score (nSPS) is 13.5. The summed E-state index contributed by atoms with van der Waals surface area (Å²) in [4.78, 5) is 0. The highest BCUT2D eigenvalue weighted by molar-refractivity contribution is 6.87. The van der Waals surface area contributed by atoms with Gasteiger partial charge in [-0.05, 0) is 33.4 Å². The highest BCUT2D eigenvalue weighted by Gasteiger charge is 2.28. The van der Waals surface area contributed by atoms with Gasteiger partial charge in [-0.15, -0.1) is 0 Å². The van der Waals surface area contributed by atoms with Gasteiger partial charge >= 0.3 is 0 Å². The highest BCUT2D eigenvalue weighted by Crippen LogP contribution is 2.47. The Morgan fingerprint density at radius 2 is 0.586 bits per heavy atom. The lowest BCUT2D eigenvalue weighted by Crippen LogP contribution is -1.96. The summed E-state index contributed by atoms with van der Waals surface area (Å²) < 4.78 is 0. The molecule has 0 atom stereocenters. The van der Waals surface area contributed by atoms with Gasteiger partial charge in [-0.2, -0.15) is 0 Å². The molecular weight excluding hydrogens is 347 g/mol. The van der Waals surface area contributed by atoms with Crippen LogP contribution in [0.25, 0.3) is 22.1 Å². The molecule has 135 valence electrons. The van der Waals surface area contributed by atoms with Gasteiger partial charge in [0.05, 0.1) is 0 Å². The summed E-state index contributed by atoms with van der Waals surface area (Å²) in [5.74, 6) is 0. The summed E-state index contributed by atoms with van der Waals surface area (Å²) in [6.07, 6.45) is 0. The maximum Gasteiger partial charge on any atom is 0.194 e. The zero-order valence-corrected chi connectivity index (χ0v) is 16.1. The molecule has 0 amide bonds. The largest absolute Gasteiger partial charge is 0.194 e. The Morgan fingerprint density at radius 1 is 0.310 bits per heavy atom. The van der Waals surface area contributed by atoms with Gasteiger partial charge in [0.2, 0.25) is 0 Å². The van der Waals surface area contributed by atoms with E-state index >= 15 is 0 Å². The SMILES string of the molecule is [B]1C(c2ccccc2)=C(c2ccccc2)C(c2ccccc2)=C1c1ccccc1. The van der Waals surface area contributed by atoms with Crippen LogP contribution in [0.2, 0.25) is 0 Å². The molecule has 4 aromatic rings. The molecule has 1 radical (unpaired) electrons. The minimum atomic E-state index is 1.24.